The molecule has 0 aliphatic heterocycles. The number of carbonyl (C=O) groups is 2. The smallest absolute Gasteiger partial charge is 0.276 e. The highest BCUT2D eigenvalue weighted by molar-refractivity contribution is 7.22. The molecule has 0 fully saturated rings. The van der Waals surface area contributed by atoms with Crippen LogP contribution in [0.15, 0.2) is 41.8 Å². The summed E-state index contributed by atoms with van der Waals surface area (Å²) in [6.45, 7) is 2.49. The number of methoxy groups -OCH3 is 2. The van der Waals surface area contributed by atoms with Crippen molar-refractivity contribution in [2.45, 2.75) is 6.92 Å². The molecule has 0 unspecified atom stereocenters. The van der Waals surface area contributed by atoms with Gasteiger partial charge in [-0.2, -0.15) is 0 Å². The molecule has 4 aromatic rings. The molecule has 2 aromatic heterocycles. The molecule has 0 aliphatic rings. The molecule has 2 heterocycles. The second-order valence-electron chi connectivity index (χ2n) is 6.63. The van der Waals surface area contributed by atoms with Crippen molar-refractivity contribution in [2.24, 2.45) is 0 Å². The normalized spacial score (nSPS) is 10.6. The Morgan fingerprint density at radius 3 is 2.33 bits per heavy atom. The van der Waals surface area contributed by atoms with E-state index in [-0.39, 0.29) is 10.8 Å². The van der Waals surface area contributed by atoms with E-state index in [0.29, 0.717) is 28.8 Å². The lowest BCUT2D eigenvalue weighted by Crippen LogP contribution is -2.14. The van der Waals surface area contributed by atoms with Crippen LogP contribution < -0.4 is 24.8 Å². The van der Waals surface area contributed by atoms with Crippen molar-refractivity contribution >= 4 is 55.0 Å². The maximum Gasteiger partial charge on any atom is 0.276 e. The van der Waals surface area contributed by atoms with Gasteiger partial charge in [-0.3, -0.25) is 20.2 Å². The molecule has 0 radical (unpaired) electrons. The highest BCUT2D eigenvalue weighted by atomic mass is 32.1. The Bertz CT molecular complexity index is 1300. The van der Waals surface area contributed by atoms with Crippen LogP contribution in [0.1, 0.15) is 27.8 Å². The van der Waals surface area contributed by atoms with Gasteiger partial charge in [-0.05, 0) is 37.3 Å². The van der Waals surface area contributed by atoms with E-state index in [4.69, 9.17) is 14.2 Å². The van der Waals surface area contributed by atoms with Gasteiger partial charge in [0.2, 0.25) is 0 Å². The van der Waals surface area contributed by atoms with Crippen molar-refractivity contribution in [3.8, 4) is 17.2 Å². The van der Waals surface area contributed by atoms with Gasteiger partial charge in [0.15, 0.2) is 10.3 Å². The number of amides is 2. The fourth-order valence-electron chi connectivity index (χ4n) is 2.92. The molecule has 33 heavy (non-hydrogen) atoms. The first-order valence-corrected chi connectivity index (χ1v) is 11.5. The van der Waals surface area contributed by atoms with E-state index >= 15 is 0 Å². The Kier molecular flexibility index (Phi) is 6.71. The molecule has 0 spiro atoms. The van der Waals surface area contributed by atoms with Gasteiger partial charge < -0.3 is 14.2 Å². The standard InChI is InChI=1S/C22H20N4O5S2/c1-4-31-13-5-6-16-18(10-13)33-22(23-16)26-20(28)17-11-32-21(24-17)25-19(27)12-7-14(29-2)9-15(8-12)30-3/h5-11H,4H2,1-3H3,(H,23,26,28)(H,24,25,27). The van der Waals surface area contributed by atoms with E-state index < -0.39 is 11.8 Å². The van der Waals surface area contributed by atoms with E-state index in [1.54, 1.807) is 23.6 Å². The van der Waals surface area contributed by atoms with Crippen LogP contribution in [0.4, 0.5) is 10.3 Å². The number of hydrogen-bond donors (Lipinski definition) is 2. The van der Waals surface area contributed by atoms with E-state index in [2.05, 4.69) is 20.6 Å². The third-order valence-corrected chi connectivity index (χ3v) is 6.15. The maximum absolute atomic E-state index is 12.6. The highest BCUT2D eigenvalue weighted by Gasteiger charge is 2.16. The van der Waals surface area contributed by atoms with Crippen molar-refractivity contribution in [1.29, 1.82) is 0 Å². The number of aromatic nitrogens is 2. The van der Waals surface area contributed by atoms with Crippen molar-refractivity contribution in [2.75, 3.05) is 31.5 Å². The molecule has 11 heteroatoms. The Morgan fingerprint density at radius 2 is 1.64 bits per heavy atom. The Labute approximate surface area is 197 Å². The zero-order valence-electron chi connectivity index (χ0n) is 18.0. The molecule has 0 saturated heterocycles. The van der Waals surface area contributed by atoms with Gasteiger partial charge in [0.1, 0.15) is 22.9 Å². The van der Waals surface area contributed by atoms with Crippen LogP contribution in [-0.2, 0) is 0 Å². The Morgan fingerprint density at radius 1 is 0.909 bits per heavy atom. The third-order valence-electron chi connectivity index (χ3n) is 4.46. The van der Waals surface area contributed by atoms with E-state index in [9.17, 15) is 9.59 Å². The number of nitrogens with one attached hydrogen (secondary N) is 2. The highest BCUT2D eigenvalue weighted by Crippen LogP contribution is 2.30. The summed E-state index contributed by atoms with van der Waals surface area (Å²) in [7, 11) is 3.01. The summed E-state index contributed by atoms with van der Waals surface area (Å²) in [6, 6.07) is 10.4. The Hall–Kier alpha value is -3.70. The van der Waals surface area contributed by atoms with Crippen LogP contribution in [0.5, 0.6) is 17.2 Å². The molecule has 2 N–H and O–H groups in total. The molecule has 9 nitrogen and oxygen atoms in total. The lowest BCUT2D eigenvalue weighted by molar-refractivity contribution is 0.101. The van der Waals surface area contributed by atoms with Crippen molar-refractivity contribution < 1.29 is 23.8 Å². The van der Waals surface area contributed by atoms with Gasteiger partial charge >= 0.3 is 0 Å². The van der Waals surface area contributed by atoms with Crippen LogP contribution >= 0.6 is 22.7 Å². The lowest BCUT2D eigenvalue weighted by atomic mass is 10.2. The zero-order chi connectivity index (χ0) is 23.4. The first-order valence-electron chi connectivity index (χ1n) is 9.83. The maximum atomic E-state index is 12.6. The minimum atomic E-state index is -0.418. The Balaban J connectivity index is 1.44. The van der Waals surface area contributed by atoms with Crippen LogP contribution in [0.2, 0.25) is 0 Å². The summed E-state index contributed by atoms with van der Waals surface area (Å²) >= 11 is 2.48. The number of fused-ring (bicyclic) bond motifs is 1. The number of thiazole rings is 2. The fourth-order valence-corrected chi connectivity index (χ4v) is 4.49. The summed E-state index contributed by atoms with van der Waals surface area (Å²) in [5, 5.41) is 7.75. The second-order valence-corrected chi connectivity index (χ2v) is 8.52. The number of nitrogens with zero attached hydrogens (tertiary/aromatic N) is 2. The lowest BCUT2D eigenvalue weighted by Gasteiger charge is -2.08. The molecule has 170 valence electrons. The van der Waals surface area contributed by atoms with Crippen LogP contribution in [0.3, 0.4) is 0 Å². The first-order chi connectivity index (χ1) is 16.0. The molecule has 2 aromatic carbocycles. The molecule has 0 atom stereocenters. The largest absolute Gasteiger partial charge is 0.497 e. The molecule has 0 saturated carbocycles. The van der Waals surface area contributed by atoms with Gasteiger partial charge in [-0.15, -0.1) is 11.3 Å². The predicted molar refractivity (Wildman–Crippen MR) is 128 cm³/mol. The number of anilines is 2. The average molecular weight is 485 g/mol. The van der Waals surface area contributed by atoms with E-state index in [1.807, 2.05) is 25.1 Å². The van der Waals surface area contributed by atoms with Crippen LogP contribution in [-0.4, -0.2) is 42.6 Å². The van der Waals surface area contributed by atoms with Crippen molar-refractivity contribution in [1.82, 2.24) is 9.97 Å². The summed E-state index contributed by atoms with van der Waals surface area (Å²) in [5.74, 6) is 0.912. The first kappa shape index (κ1) is 22.5. The van der Waals surface area contributed by atoms with E-state index in [0.717, 1.165) is 27.3 Å². The van der Waals surface area contributed by atoms with E-state index in [1.165, 1.54) is 25.6 Å². The summed E-state index contributed by atoms with van der Waals surface area (Å²) < 4.78 is 16.8. The molecule has 4 rings (SSSR count). The molecule has 2 amide bonds. The average Bonchev–Trinajstić information content (AvgIpc) is 3.45. The quantitative estimate of drug-likeness (QED) is 0.374. The van der Waals surface area contributed by atoms with Crippen LogP contribution in [0, 0.1) is 0 Å². The van der Waals surface area contributed by atoms with Crippen LogP contribution in [0.25, 0.3) is 10.2 Å². The fraction of sp³-hybridized carbons (Fsp3) is 0.182. The topological polar surface area (TPSA) is 112 Å². The van der Waals surface area contributed by atoms with Gasteiger partial charge in [-0.1, -0.05) is 11.3 Å². The minimum Gasteiger partial charge on any atom is -0.497 e. The monoisotopic (exact) mass is 484 g/mol. The zero-order valence-corrected chi connectivity index (χ0v) is 19.6. The third kappa shape index (κ3) is 5.21. The number of hydrogen-bond acceptors (Lipinski definition) is 9. The van der Waals surface area contributed by atoms with Gasteiger partial charge in [0, 0.05) is 17.0 Å². The minimum absolute atomic E-state index is 0.174. The number of rotatable bonds is 8. The molecular weight excluding hydrogens is 464 g/mol. The SMILES string of the molecule is CCOc1ccc2nc(NC(=O)c3csc(NC(=O)c4cc(OC)cc(OC)c4)n3)sc2c1. The molecule has 0 bridgehead atoms. The number of benzene rings is 2. The van der Waals surface area contributed by atoms with Gasteiger partial charge in [0.25, 0.3) is 11.8 Å². The summed E-state index contributed by atoms with van der Waals surface area (Å²) in [5.41, 5.74) is 1.28. The molecular formula is C22H20N4O5S2. The van der Waals surface area contributed by atoms with Gasteiger partial charge in [-0.25, -0.2) is 9.97 Å². The summed E-state index contributed by atoms with van der Waals surface area (Å²) in [6.07, 6.45) is 0. The number of carbonyl (C=O) groups excluding carboxylic acids is 2. The van der Waals surface area contributed by atoms with Gasteiger partial charge in [0.05, 0.1) is 31.0 Å². The van der Waals surface area contributed by atoms with Crippen molar-refractivity contribution in [3.63, 3.8) is 0 Å². The number of ether oxygens (including phenoxy) is 3. The predicted octanol–water partition coefficient (Wildman–Crippen LogP) is 4.67. The van der Waals surface area contributed by atoms with Crippen molar-refractivity contribution in [3.05, 3.63) is 53.0 Å². The molecule has 0 aliphatic carbocycles. The summed E-state index contributed by atoms with van der Waals surface area (Å²) in [4.78, 5) is 33.9. The second kappa shape index (κ2) is 9.84.